The number of carbonyl (C=O) groups is 3. The van der Waals surface area contributed by atoms with Gasteiger partial charge in [-0.05, 0) is 56.3 Å². The molecule has 7 nitrogen and oxygen atoms in total. The molecular weight excluding hydrogens is 332 g/mol. The van der Waals surface area contributed by atoms with Crippen LogP contribution in [-0.2, 0) is 0 Å². The molecule has 136 valence electrons. The van der Waals surface area contributed by atoms with Crippen LogP contribution in [0.15, 0.2) is 48.5 Å². The maximum absolute atomic E-state index is 12.4. The molecule has 0 saturated heterocycles. The topological polar surface area (TPSA) is 105 Å². The zero-order chi connectivity index (χ0) is 19.1. The van der Waals surface area contributed by atoms with E-state index in [4.69, 9.17) is 5.73 Å². The molecule has 0 heterocycles. The molecule has 2 rings (SSSR count). The highest BCUT2D eigenvalue weighted by Gasteiger charge is 2.13. The van der Waals surface area contributed by atoms with E-state index in [1.165, 1.54) is 0 Å². The average molecular weight is 354 g/mol. The lowest BCUT2D eigenvalue weighted by molar-refractivity contribution is 0.0772. The largest absolute Gasteiger partial charge is 0.351 e. The number of hydrogen-bond donors (Lipinski definition) is 3. The quantitative estimate of drug-likeness (QED) is 0.743. The van der Waals surface area contributed by atoms with Crippen LogP contribution in [0.25, 0.3) is 0 Å². The van der Waals surface area contributed by atoms with E-state index >= 15 is 0 Å². The van der Waals surface area contributed by atoms with Gasteiger partial charge in [0.2, 0.25) is 0 Å². The molecule has 0 atom stereocenters. The standard InChI is InChI=1S/C19H22N4O3/c1-3-23(4-2)18(25)14-6-5-7-16(12-14)21-17(24)13-8-10-15(11-9-13)22-19(20)26/h5-12H,3-4H2,1-2H3,(H,21,24)(H3,20,22,26). The Labute approximate surface area is 152 Å². The molecule has 0 radical (unpaired) electrons. The number of amides is 4. The summed E-state index contributed by atoms with van der Waals surface area (Å²) in [6.45, 7) is 5.09. The maximum Gasteiger partial charge on any atom is 0.316 e. The van der Waals surface area contributed by atoms with Crippen molar-refractivity contribution in [3.05, 3.63) is 59.7 Å². The number of nitrogens with one attached hydrogen (secondary N) is 2. The average Bonchev–Trinajstić information content (AvgIpc) is 2.63. The van der Waals surface area contributed by atoms with E-state index in [2.05, 4.69) is 10.6 Å². The molecule has 2 aromatic carbocycles. The van der Waals surface area contributed by atoms with E-state index in [0.29, 0.717) is 35.6 Å². The van der Waals surface area contributed by atoms with Crippen molar-refractivity contribution in [2.24, 2.45) is 5.73 Å². The molecule has 0 aliphatic heterocycles. The minimum absolute atomic E-state index is 0.0759. The molecular formula is C19H22N4O3. The molecule has 0 aliphatic carbocycles. The highest BCUT2D eigenvalue weighted by molar-refractivity contribution is 6.05. The number of benzene rings is 2. The normalized spacial score (nSPS) is 10.1. The molecule has 0 aliphatic rings. The molecule has 7 heteroatoms. The second-order valence-corrected chi connectivity index (χ2v) is 5.58. The number of primary amides is 1. The van der Waals surface area contributed by atoms with Crippen molar-refractivity contribution in [1.29, 1.82) is 0 Å². The number of carbonyl (C=O) groups excluding carboxylic acids is 3. The third kappa shape index (κ3) is 4.83. The van der Waals surface area contributed by atoms with Gasteiger partial charge in [-0.2, -0.15) is 0 Å². The van der Waals surface area contributed by atoms with E-state index in [0.717, 1.165) is 0 Å². The van der Waals surface area contributed by atoms with E-state index in [1.54, 1.807) is 53.4 Å². The molecule has 0 aromatic heterocycles. The fourth-order valence-corrected chi connectivity index (χ4v) is 2.47. The fourth-order valence-electron chi connectivity index (χ4n) is 2.47. The van der Waals surface area contributed by atoms with Gasteiger partial charge in [0.25, 0.3) is 11.8 Å². The predicted octanol–water partition coefficient (Wildman–Crippen LogP) is 2.91. The van der Waals surface area contributed by atoms with Crippen LogP contribution in [0.1, 0.15) is 34.6 Å². The van der Waals surface area contributed by atoms with Crippen LogP contribution in [0.5, 0.6) is 0 Å². The van der Waals surface area contributed by atoms with Gasteiger partial charge in [0.1, 0.15) is 0 Å². The van der Waals surface area contributed by atoms with E-state index in [1.807, 2.05) is 13.8 Å². The number of hydrogen-bond acceptors (Lipinski definition) is 3. The van der Waals surface area contributed by atoms with Crippen LogP contribution >= 0.6 is 0 Å². The lowest BCUT2D eigenvalue weighted by Crippen LogP contribution is -2.30. The van der Waals surface area contributed by atoms with Gasteiger partial charge in [-0.1, -0.05) is 6.07 Å². The van der Waals surface area contributed by atoms with Crippen LogP contribution in [-0.4, -0.2) is 35.8 Å². The summed E-state index contributed by atoms with van der Waals surface area (Å²) in [4.78, 5) is 37.3. The summed E-state index contributed by atoms with van der Waals surface area (Å²) >= 11 is 0. The summed E-state index contributed by atoms with van der Waals surface area (Å²) in [6, 6.07) is 12.5. The Kier molecular flexibility index (Phi) is 6.32. The van der Waals surface area contributed by atoms with Crippen molar-refractivity contribution >= 4 is 29.2 Å². The Bertz CT molecular complexity index is 799. The Hall–Kier alpha value is -3.35. The number of urea groups is 1. The summed E-state index contributed by atoms with van der Waals surface area (Å²) < 4.78 is 0. The Balaban J connectivity index is 2.10. The van der Waals surface area contributed by atoms with E-state index < -0.39 is 6.03 Å². The molecule has 0 saturated carbocycles. The van der Waals surface area contributed by atoms with Crippen molar-refractivity contribution in [2.75, 3.05) is 23.7 Å². The van der Waals surface area contributed by atoms with Crippen LogP contribution in [0.3, 0.4) is 0 Å². The number of rotatable bonds is 6. The molecule has 26 heavy (non-hydrogen) atoms. The molecule has 0 fully saturated rings. The molecule has 4 N–H and O–H groups in total. The summed E-state index contributed by atoms with van der Waals surface area (Å²) in [7, 11) is 0. The predicted molar refractivity (Wildman–Crippen MR) is 101 cm³/mol. The van der Waals surface area contributed by atoms with Crippen LogP contribution in [0.2, 0.25) is 0 Å². The first kappa shape index (κ1) is 19.0. The fraction of sp³-hybridized carbons (Fsp3) is 0.211. The molecule has 0 bridgehead atoms. The molecule has 0 spiro atoms. The van der Waals surface area contributed by atoms with Crippen molar-refractivity contribution in [3.63, 3.8) is 0 Å². The van der Waals surface area contributed by atoms with Crippen molar-refractivity contribution in [1.82, 2.24) is 4.90 Å². The van der Waals surface area contributed by atoms with Gasteiger partial charge in [0.05, 0.1) is 0 Å². The van der Waals surface area contributed by atoms with Crippen molar-refractivity contribution in [2.45, 2.75) is 13.8 Å². The second kappa shape index (κ2) is 8.66. The van der Waals surface area contributed by atoms with Crippen LogP contribution in [0, 0.1) is 0 Å². The van der Waals surface area contributed by atoms with Crippen molar-refractivity contribution in [3.8, 4) is 0 Å². The van der Waals surface area contributed by atoms with Gasteiger partial charge in [0, 0.05) is 35.6 Å². The SMILES string of the molecule is CCN(CC)C(=O)c1cccc(NC(=O)c2ccc(NC(N)=O)cc2)c1. The zero-order valence-corrected chi connectivity index (χ0v) is 14.8. The highest BCUT2D eigenvalue weighted by Crippen LogP contribution is 2.15. The first-order valence-electron chi connectivity index (χ1n) is 8.31. The maximum atomic E-state index is 12.4. The van der Waals surface area contributed by atoms with Crippen LogP contribution < -0.4 is 16.4 Å². The summed E-state index contributed by atoms with van der Waals surface area (Å²) in [5.41, 5.74) is 7.02. The van der Waals surface area contributed by atoms with Crippen molar-refractivity contribution < 1.29 is 14.4 Å². The number of anilines is 2. The molecule has 2 aromatic rings. The molecule has 4 amide bonds. The summed E-state index contributed by atoms with van der Waals surface area (Å²) in [6.07, 6.45) is 0. The van der Waals surface area contributed by atoms with Gasteiger partial charge >= 0.3 is 6.03 Å². The minimum atomic E-state index is -0.670. The van der Waals surface area contributed by atoms with E-state index in [9.17, 15) is 14.4 Å². The Morgan fingerprint density at radius 1 is 0.885 bits per heavy atom. The summed E-state index contributed by atoms with van der Waals surface area (Å²) in [5, 5.41) is 5.19. The zero-order valence-electron chi connectivity index (χ0n) is 14.8. The smallest absolute Gasteiger partial charge is 0.316 e. The Morgan fingerprint density at radius 3 is 2.12 bits per heavy atom. The van der Waals surface area contributed by atoms with Gasteiger partial charge in [-0.25, -0.2) is 4.79 Å². The molecule has 0 unspecified atom stereocenters. The first-order chi connectivity index (χ1) is 12.4. The third-order valence-corrected chi connectivity index (χ3v) is 3.83. The highest BCUT2D eigenvalue weighted by atomic mass is 16.2. The Morgan fingerprint density at radius 2 is 1.54 bits per heavy atom. The summed E-state index contributed by atoms with van der Waals surface area (Å²) in [5.74, 6) is -0.393. The van der Waals surface area contributed by atoms with Gasteiger partial charge in [-0.15, -0.1) is 0 Å². The number of nitrogens with two attached hydrogens (primary N) is 1. The lowest BCUT2D eigenvalue weighted by Gasteiger charge is -2.19. The van der Waals surface area contributed by atoms with Crippen LogP contribution in [0.4, 0.5) is 16.2 Å². The van der Waals surface area contributed by atoms with Gasteiger partial charge < -0.3 is 21.3 Å². The monoisotopic (exact) mass is 354 g/mol. The minimum Gasteiger partial charge on any atom is -0.351 e. The first-order valence-corrected chi connectivity index (χ1v) is 8.31. The van der Waals surface area contributed by atoms with Gasteiger partial charge in [0.15, 0.2) is 0 Å². The third-order valence-electron chi connectivity index (χ3n) is 3.83. The van der Waals surface area contributed by atoms with E-state index in [-0.39, 0.29) is 11.8 Å². The van der Waals surface area contributed by atoms with Gasteiger partial charge in [-0.3, -0.25) is 9.59 Å². The number of nitrogens with zero attached hydrogens (tertiary/aromatic N) is 1. The second-order valence-electron chi connectivity index (χ2n) is 5.58. The lowest BCUT2D eigenvalue weighted by atomic mass is 10.1.